The van der Waals surface area contributed by atoms with Crippen molar-refractivity contribution in [1.82, 2.24) is 4.98 Å². The number of nitrogens with one attached hydrogen (secondary N) is 1. The Morgan fingerprint density at radius 3 is 2.94 bits per heavy atom. The highest BCUT2D eigenvalue weighted by atomic mass is 14.7. The maximum atomic E-state index is 6.19. The number of H-pyrrole nitrogens is 1. The van der Waals surface area contributed by atoms with Gasteiger partial charge in [-0.05, 0) is 37.5 Å². The van der Waals surface area contributed by atoms with E-state index in [9.17, 15) is 0 Å². The van der Waals surface area contributed by atoms with Crippen LogP contribution in [0.25, 0.3) is 10.9 Å². The molecular formula is C14H18N2. The normalized spacial score (nSPS) is 25.4. The summed E-state index contributed by atoms with van der Waals surface area (Å²) in [7, 11) is 0. The zero-order valence-corrected chi connectivity index (χ0v) is 9.66. The van der Waals surface area contributed by atoms with Crippen molar-refractivity contribution in [2.45, 2.75) is 38.1 Å². The van der Waals surface area contributed by atoms with Gasteiger partial charge in [-0.25, -0.2) is 0 Å². The topological polar surface area (TPSA) is 41.8 Å². The molecule has 1 heterocycles. The maximum absolute atomic E-state index is 6.19. The molecule has 0 radical (unpaired) electrons. The summed E-state index contributed by atoms with van der Waals surface area (Å²) >= 11 is 0. The molecule has 3 N–H and O–H groups in total. The minimum atomic E-state index is 0.347. The Hall–Kier alpha value is -1.28. The van der Waals surface area contributed by atoms with Crippen LogP contribution in [0.15, 0.2) is 24.4 Å². The zero-order chi connectivity index (χ0) is 11.1. The molecule has 0 aliphatic heterocycles. The van der Waals surface area contributed by atoms with E-state index < -0.39 is 0 Å². The predicted octanol–water partition coefficient (Wildman–Crippen LogP) is 3.07. The summed E-state index contributed by atoms with van der Waals surface area (Å²) in [6, 6.07) is 6.93. The first kappa shape index (κ1) is 9.91. The Kier molecular flexibility index (Phi) is 2.25. The van der Waals surface area contributed by atoms with Crippen molar-refractivity contribution >= 4 is 10.9 Å². The number of hydrogen-bond acceptors (Lipinski definition) is 1. The zero-order valence-electron chi connectivity index (χ0n) is 9.66. The third-order valence-corrected chi connectivity index (χ3v) is 3.84. The fraction of sp³-hybridized carbons (Fsp3) is 0.429. The molecule has 1 aliphatic carbocycles. The van der Waals surface area contributed by atoms with E-state index in [1.54, 1.807) is 0 Å². The highest BCUT2D eigenvalue weighted by Crippen LogP contribution is 2.37. The second-order valence-electron chi connectivity index (χ2n) is 4.99. The molecule has 1 aromatic heterocycles. The molecule has 1 aliphatic rings. The van der Waals surface area contributed by atoms with Crippen LogP contribution in [-0.4, -0.2) is 11.0 Å². The van der Waals surface area contributed by atoms with Gasteiger partial charge in [0.1, 0.15) is 0 Å². The van der Waals surface area contributed by atoms with Gasteiger partial charge in [0.15, 0.2) is 0 Å². The molecule has 0 unspecified atom stereocenters. The second-order valence-corrected chi connectivity index (χ2v) is 4.99. The van der Waals surface area contributed by atoms with Gasteiger partial charge in [0.25, 0.3) is 0 Å². The summed E-state index contributed by atoms with van der Waals surface area (Å²) in [6.45, 7) is 2.14. The lowest BCUT2D eigenvalue weighted by molar-refractivity contribution is 0.616. The Balaban J connectivity index is 2.12. The summed E-state index contributed by atoms with van der Waals surface area (Å²) < 4.78 is 0. The molecule has 2 aromatic rings. The summed E-state index contributed by atoms with van der Waals surface area (Å²) in [5.74, 6) is 0.551. The molecule has 1 fully saturated rings. The van der Waals surface area contributed by atoms with Crippen LogP contribution in [0.4, 0.5) is 0 Å². The van der Waals surface area contributed by atoms with Crippen LogP contribution < -0.4 is 5.73 Å². The Labute approximate surface area is 95.8 Å². The lowest BCUT2D eigenvalue weighted by atomic mass is 9.94. The Bertz CT molecular complexity index is 512. The number of nitrogens with two attached hydrogens (primary N) is 1. The lowest BCUT2D eigenvalue weighted by Crippen LogP contribution is -2.22. The maximum Gasteiger partial charge on any atom is 0.0457 e. The van der Waals surface area contributed by atoms with Crippen LogP contribution in [0.5, 0.6) is 0 Å². The number of aryl methyl sites for hydroxylation is 1. The van der Waals surface area contributed by atoms with Crippen molar-refractivity contribution in [2.75, 3.05) is 0 Å². The molecule has 0 bridgehead atoms. The number of rotatable bonds is 1. The quantitative estimate of drug-likeness (QED) is 0.752. The molecule has 1 saturated carbocycles. The van der Waals surface area contributed by atoms with E-state index in [2.05, 4.69) is 36.3 Å². The van der Waals surface area contributed by atoms with E-state index in [4.69, 9.17) is 5.73 Å². The molecule has 2 atom stereocenters. The third-order valence-electron chi connectivity index (χ3n) is 3.84. The molecular weight excluding hydrogens is 196 g/mol. The first-order valence-corrected chi connectivity index (χ1v) is 6.09. The molecule has 2 nitrogen and oxygen atoms in total. The van der Waals surface area contributed by atoms with E-state index >= 15 is 0 Å². The van der Waals surface area contributed by atoms with Gasteiger partial charge in [-0.3, -0.25) is 0 Å². The van der Waals surface area contributed by atoms with Crippen molar-refractivity contribution in [1.29, 1.82) is 0 Å². The van der Waals surface area contributed by atoms with Gasteiger partial charge in [0.05, 0.1) is 0 Å². The van der Waals surface area contributed by atoms with Crippen molar-refractivity contribution in [2.24, 2.45) is 5.73 Å². The van der Waals surface area contributed by atoms with E-state index in [0.717, 1.165) is 0 Å². The van der Waals surface area contributed by atoms with Gasteiger partial charge in [-0.1, -0.05) is 18.1 Å². The molecule has 2 heteroatoms. The third kappa shape index (κ3) is 1.45. The fourth-order valence-electron chi connectivity index (χ4n) is 2.94. The minimum absolute atomic E-state index is 0.347. The van der Waals surface area contributed by atoms with Crippen LogP contribution >= 0.6 is 0 Å². The smallest absolute Gasteiger partial charge is 0.0457 e. The van der Waals surface area contributed by atoms with Crippen LogP contribution in [0, 0.1) is 6.92 Å². The van der Waals surface area contributed by atoms with Gasteiger partial charge in [-0.15, -0.1) is 0 Å². The Morgan fingerprint density at radius 1 is 1.31 bits per heavy atom. The van der Waals surface area contributed by atoms with Crippen molar-refractivity contribution in [3.63, 3.8) is 0 Å². The first-order chi connectivity index (χ1) is 7.75. The van der Waals surface area contributed by atoms with Crippen LogP contribution in [-0.2, 0) is 0 Å². The largest absolute Gasteiger partial charge is 0.361 e. The van der Waals surface area contributed by atoms with Crippen LogP contribution in [0.1, 0.15) is 36.3 Å². The molecule has 16 heavy (non-hydrogen) atoms. The standard InChI is InChI=1S/C14H18N2/c1-9-5-6-14-11(7-9)12(8-16-14)10-3-2-4-13(10)15/h5-8,10,13,16H,2-4,15H2,1H3/t10-,13+/m1/s1. The Morgan fingerprint density at radius 2 is 2.19 bits per heavy atom. The number of benzene rings is 1. The molecule has 3 rings (SSSR count). The summed E-state index contributed by atoms with van der Waals surface area (Å²) in [4.78, 5) is 3.36. The average Bonchev–Trinajstić information content (AvgIpc) is 2.83. The number of hydrogen-bond donors (Lipinski definition) is 2. The highest BCUT2D eigenvalue weighted by Gasteiger charge is 2.27. The SMILES string of the molecule is Cc1ccc2[nH]cc([C@H]3CCC[C@@H]3N)c2c1. The predicted molar refractivity (Wildman–Crippen MR) is 67.6 cm³/mol. The highest BCUT2D eigenvalue weighted by molar-refractivity contribution is 5.84. The van der Waals surface area contributed by atoms with Crippen molar-refractivity contribution < 1.29 is 0 Å². The van der Waals surface area contributed by atoms with Crippen molar-refractivity contribution in [3.05, 3.63) is 35.5 Å². The number of fused-ring (bicyclic) bond motifs is 1. The van der Waals surface area contributed by atoms with Gasteiger partial charge in [0, 0.05) is 29.1 Å². The van der Waals surface area contributed by atoms with Gasteiger partial charge in [-0.2, -0.15) is 0 Å². The number of aromatic nitrogens is 1. The van der Waals surface area contributed by atoms with E-state index in [1.165, 1.54) is 41.3 Å². The van der Waals surface area contributed by atoms with E-state index in [-0.39, 0.29) is 0 Å². The van der Waals surface area contributed by atoms with Gasteiger partial charge in [0.2, 0.25) is 0 Å². The molecule has 1 aromatic carbocycles. The number of aromatic amines is 1. The summed E-state index contributed by atoms with van der Waals surface area (Å²) in [5, 5.41) is 1.36. The molecule has 0 amide bonds. The molecule has 84 valence electrons. The fourth-order valence-corrected chi connectivity index (χ4v) is 2.94. The molecule has 0 saturated heterocycles. The lowest BCUT2D eigenvalue weighted by Gasteiger charge is -2.14. The second kappa shape index (κ2) is 3.63. The average molecular weight is 214 g/mol. The van der Waals surface area contributed by atoms with Crippen molar-refractivity contribution in [3.8, 4) is 0 Å². The molecule has 0 spiro atoms. The first-order valence-electron chi connectivity index (χ1n) is 6.09. The van der Waals surface area contributed by atoms with Crippen LogP contribution in [0.2, 0.25) is 0 Å². The minimum Gasteiger partial charge on any atom is -0.361 e. The monoisotopic (exact) mass is 214 g/mol. The summed E-state index contributed by atoms with van der Waals surface area (Å²) in [5.41, 5.74) is 10.2. The van der Waals surface area contributed by atoms with E-state index in [0.29, 0.717) is 12.0 Å². The van der Waals surface area contributed by atoms with Gasteiger partial charge < -0.3 is 10.7 Å². The summed E-state index contributed by atoms with van der Waals surface area (Å²) in [6.07, 6.45) is 5.83. The van der Waals surface area contributed by atoms with Crippen LogP contribution in [0.3, 0.4) is 0 Å². The van der Waals surface area contributed by atoms with E-state index in [1.807, 2.05) is 0 Å². The van der Waals surface area contributed by atoms with Gasteiger partial charge >= 0.3 is 0 Å².